The van der Waals surface area contributed by atoms with Gasteiger partial charge in [0, 0.05) is 37.3 Å². The lowest BCUT2D eigenvalue weighted by Gasteiger charge is -2.36. The zero-order valence-electron chi connectivity index (χ0n) is 17.2. The maximum Gasteiger partial charge on any atom is 0.416 e. The second-order valence-corrected chi connectivity index (χ2v) is 8.20. The molecule has 0 atom stereocenters. The van der Waals surface area contributed by atoms with Gasteiger partial charge in [-0.25, -0.2) is 4.68 Å². The maximum absolute atomic E-state index is 13.3. The molecular weight excluding hydrogens is 421 g/mol. The molecule has 2 aliphatic rings. The first kappa shape index (κ1) is 20.5. The Labute approximate surface area is 181 Å². The standard InChI is InChI=1S/C23H21F3N4O2/c24-23(25,26)15-5-7-16(8-6-15)28-11-13-29(14-12-28)22(32)20-18-3-1-2-4-19(18)21(31)30(27-20)17-9-10-17/h1-8,17H,9-14H2. The lowest BCUT2D eigenvalue weighted by molar-refractivity contribution is -0.137. The van der Waals surface area contributed by atoms with E-state index < -0.39 is 11.7 Å². The van der Waals surface area contributed by atoms with E-state index in [4.69, 9.17) is 0 Å². The molecule has 0 unspecified atom stereocenters. The zero-order valence-corrected chi connectivity index (χ0v) is 17.2. The van der Waals surface area contributed by atoms with Crippen LogP contribution in [-0.2, 0) is 6.18 Å². The van der Waals surface area contributed by atoms with Crippen molar-refractivity contribution in [2.24, 2.45) is 0 Å². The molecule has 0 spiro atoms. The number of hydrogen-bond donors (Lipinski definition) is 0. The van der Waals surface area contributed by atoms with Crippen LogP contribution in [0, 0.1) is 0 Å². The van der Waals surface area contributed by atoms with Crippen LogP contribution >= 0.6 is 0 Å². The van der Waals surface area contributed by atoms with Gasteiger partial charge in [0.15, 0.2) is 5.69 Å². The molecule has 1 aliphatic carbocycles. The summed E-state index contributed by atoms with van der Waals surface area (Å²) in [6.45, 7) is 1.82. The highest BCUT2D eigenvalue weighted by Crippen LogP contribution is 2.33. The van der Waals surface area contributed by atoms with E-state index in [9.17, 15) is 22.8 Å². The van der Waals surface area contributed by atoms with Crippen LogP contribution in [0.1, 0.15) is 34.9 Å². The molecule has 3 aromatic rings. The van der Waals surface area contributed by atoms with E-state index >= 15 is 0 Å². The fourth-order valence-electron chi connectivity index (χ4n) is 4.11. The largest absolute Gasteiger partial charge is 0.416 e. The summed E-state index contributed by atoms with van der Waals surface area (Å²) in [5.41, 5.74) is 0.108. The van der Waals surface area contributed by atoms with Crippen LogP contribution in [0.2, 0.25) is 0 Å². The van der Waals surface area contributed by atoms with E-state index in [0.717, 1.165) is 25.0 Å². The molecule has 6 nitrogen and oxygen atoms in total. The summed E-state index contributed by atoms with van der Waals surface area (Å²) in [4.78, 5) is 29.7. The summed E-state index contributed by atoms with van der Waals surface area (Å²) in [6, 6.07) is 12.1. The van der Waals surface area contributed by atoms with Gasteiger partial charge in [0.25, 0.3) is 11.5 Å². The lowest BCUT2D eigenvalue weighted by atomic mass is 10.1. The summed E-state index contributed by atoms with van der Waals surface area (Å²) >= 11 is 0. The normalized spacial score (nSPS) is 17.1. The molecular formula is C23H21F3N4O2. The predicted molar refractivity (Wildman–Crippen MR) is 114 cm³/mol. The number of hydrogen-bond acceptors (Lipinski definition) is 4. The van der Waals surface area contributed by atoms with Crippen LogP contribution in [0.25, 0.3) is 10.8 Å². The highest BCUT2D eigenvalue weighted by molar-refractivity contribution is 6.04. The van der Waals surface area contributed by atoms with E-state index in [1.165, 1.54) is 16.8 Å². The van der Waals surface area contributed by atoms with E-state index in [2.05, 4.69) is 5.10 Å². The first-order valence-electron chi connectivity index (χ1n) is 10.6. The van der Waals surface area contributed by atoms with E-state index in [1.54, 1.807) is 29.2 Å². The minimum absolute atomic E-state index is 0.0511. The number of halogens is 3. The number of anilines is 1. The smallest absolute Gasteiger partial charge is 0.368 e. The Hall–Kier alpha value is -3.36. The molecule has 2 heterocycles. The number of nitrogens with zero attached hydrogens (tertiary/aromatic N) is 4. The zero-order chi connectivity index (χ0) is 22.5. The van der Waals surface area contributed by atoms with Gasteiger partial charge in [-0.3, -0.25) is 9.59 Å². The number of piperazine rings is 1. The van der Waals surface area contributed by atoms with Gasteiger partial charge in [-0.1, -0.05) is 18.2 Å². The van der Waals surface area contributed by atoms with Crippen molar-refractivity contribution >= 4 is 22.4 Å². The number of rotatable bonds is 3. The van der Waals surface area contributed by atoms with Crippen LogP contribution in [0.4, 0.5) is 18.9 Å². The Kier molecular flexibility index (Phi) is 4.91. The van der Waals surface area contributed by atoms with Crippen molar-refractivity contribution in [3.05, 3.63) is 70.1 Å². The van der Waals surface area contributed by atoms with E-state index in [0.29, 0.717) is 42.6 Å². The second kappa shape index (κ2) is 7.65. The summed E-state index contributed by atoms with van der Waals surface area (Å²) in [5, 5.41) is 5.47. The van der Waals surface area contributed by atoms with Crippen LogP contribution in [0.15, 0.2) is 53.3 Å². The minimum Gasteiger partial charge on any atom is -0.368 e. The van der Waals surface area contributed by atoms with Crippen molar-refractivity contribution in [1.29, 1.82) is 0 Å². The summed E-state index contributed by atoms with van der Waals surface area (Å²) in [7, 11) is 0. The second-order valence-electron chi connectivity index (χ2n) is 8.20. The first-order valence-corrected chi connectivity index (χ1v) is 10.6. The van der Waals surface area contributed by atoms with Crippen LogP contribution in [-0.4, -0.2) is 46.8 Å². The molecule has 2 aromatic carbocycles. The quantitative estimate of drug-likeness (QED) is 0.621. The Morgan fingerprint density at radius 3 is 2.12 bits per heavy atom. The topological polar surface area (TPSA) is 58.4 Å². The monoisotopic (exact) mass is 442 g/mol. The Bertz CT molecular complexity index is 1220. The predicted octanol–water partition coefficient (Wildman–Crippen LogP) is 3.71. The van der Waals surface area contributed by atoms with Crippen molar-refractivity contribution in [3.8, 4) is 0 Å². The molecule has 1 amide bonds. The molecule has 2 fully saturated rings. The molecule has 0 N–H and O–H groups in total. The minimum atomic E-state index is -4.36. The SMILES string of the molecule is O=C(c1nn(C2CC2)c(=O)c2ccccc12)N1CCN(c2ccc(C(F)(F)F)cc2)CC1. The van der Waals surface area contributed by atoms with Gasteiger partial charge in [0.2, 0.25) is 0 Å². The molecule has 0 bridgehead atoms. The fraction of sp³-hybridized carbons (Fsp3) is 0.348. The number of fused-ring (bicyclic) bond motifs is 1. The summed E-state index contributed by atoms with van der Waals surface area (Å²) < 4.78 is 39.8. The van der Waals surface area contributed by atoms with Gasteiger partial charge < -0.3 is 9.80 Å². The maximum atomic E-state index is 13.3. The van der Waals surface area contributed by atoms with Gasteiger partial charge in [-0.05, 0) is 43.2 Å². The van der Waals surface area contributed by atoms with Crippen LogP contribution in [0.5, 0.6) is 0 Å². The van der Waals surface area contributed by atoms with Crippen molar-refractivity contribution < 1.29 is 18.0 Å². The third-order valence-corrected chi connectivity index (χ3v) is 6.05. The van der Waals surface area contributed by atoms with E-state index in [-0.39, 0.29) is 23.2 Å². The van der Waals surface area contributed by atoms with Gasteiger partial charge in [0.1, 0.15) is 0 Å². The summed E-state index contributed by atoms with van der Waals surface area (Å²) in [5.74, 6) is -0.234. The highest BCUT2D eigenvalue weighted by atomic mass is 19.4. The van der Waals surface area contributed by atoms with Gasteiger partial charge in [-0.15, -0.1) is 0 Å². The van der Waals surface area contributed by atoms with Crippen LogP contribution < -0.4 is 10.5 Å². The van der Waals surface area contributed by atoms with Gasteiger partial charge in [0.05, 0.1) is 17.0 Å². The Balaban J connectivity index is 1.35. The molecule has 1 saturated carbocycles. The third kappa shape index (κ3) is 3.72. The Morgan fingerprint density at radius 1 is 0.906 bits per heavy atom. The average molecular weight is 442 g/mol. The first-order chi connectivity index (χ1) is 15.3. The van der Waals surface area contributed by atoms with Crippen molar-refractivity contribution in [3.63, 3.8) is 0 Å². The van der Waals surface area contributed by atoms with E-state index in [1.807, 2.05) is 4.90 Å². The van der Waals surface area contributed by atoms with Crippen LogP contribution in [0.3, 0.4) is 0 Å². The number of carbonyl (C=O) groups excluding carboxylic acids is 1. The van der Waals surface area contributed by atoms with Crippen molar-refractivity contribution in [2.75, 3.05) is 31.1 Å². The third-order valence-electron chi connectivity index (χ3n) is 6.05. The fourth-order valence-corrected chi connectivity index (χ4v) is 4.11. The number of amides is 1. The lowest BCUT2D eigenvalue weighted by Crippen LogP contribution is -2.49. The molecule has 32 heavy (non-hydrogen) atoms. The number of carbonyl (C=O) groups is 1. The average Bonchev–Trinajstić information content (AvgIpc) is 3.64. The van der Waals surface area contributed by atoms with Gasteiger partial charge >= 0.3 is 6.18 Å². The van der Waals surface area contributed by atoms with Gasteiger partial charge in [-0.2, -0.15) is 18.3 Å². The molecule has 0 radical (unpaired) electrons. The molecule has 1 saturated heterocycles. The number of alkyl halides is 3. The highest BCUT2D eigenvalue weighted by Gasteiger charge is 2.32. The molecule has 1 aliphatic heterocycles. The summed E-state index contributed by atoms with van der Waals surface area (Å²) in [6.07, 6.45) is -2.61. The molecule has 1 aromatic heterocycles. The number of aromatic nitrogens is 2. The van der Waals surface area contributed by atoms with Crippen molar-refractivity contribution in [2.45, 2.75) is 25.1 Å². The number of benzene rings is 2. The molecule has 5 rings (SSSR count). The van der Waals surface area contributed by atoms with Crippen molar-refractivity contribution in [1.82, 2.24) is 14.7 Å². The Morgan fingerprint density at radius 2 is 1.53 bits per heavy atom. The molecule has 166 valence electrons. The molecule has 9 heteroatoms.